The summed E-state index contributed by atoms with van der Waals surface area (Å²) in [6.07, 6.45) is 0.819. The third-order valence-corrected chi connectivity index (χ3v) is 4.82. The number of guanidine groups is 1. The molecule has 0 bridgehead atoms. The van der Waals surface area contributed by atoms with Crippen LogP contribution >= 0.6 is 46.9 Å². The van der Waals surface area contributed by atoms with Crippen LogP contribution in [0.3, 0.4) is 0 Å². The number of rotatable bonds is 6. The van der Waals surface area contributed by atoms with Gasteiger partial charge in [0.2, 0.25) is 0 Å². The van der Waals surface area contributed by atoms with Crippen LogP contribution in [-0.4, -0.2) is 32.3 Å². The number of nitrogens with zero attached hydrogens (tertiary/aromatic N) is 1. The standard InChI is InChI=1S/C18H22ClN3O2S.HI/c1-2-20-18(22-12-14-4-3-9-25-14)21-6-5-13-10-15(19)17-16(11-13)23-7-8-24-17;/h3-4,9-11H,2,5-8,12H2,1H3,(H2,20,21,22);1H. The molecule has 1 aromatic heterocycles. The minimum atomic E-state index is 0. The topological polar surface area (TPSA) is 54.9 Å². The number of aliphatic imine (C=N–C) groups is 1. The quantitative estimate of drug-likeness (QED) is 0.351. The molecule has 0 amide bonds. The SMILES string of the molecule is CCNC(=NCc1cccs1)NCCc1cc(Cl)c2c(c1)OCCO2.I. The monoisotopic (exact) mass is 507 g/mol. The molecular weight excluding hydrogens is 485 g/mol. The van der Waals surface area contributed by atoms with E-state index in [1.165, 1.54) is 4.88 Å². The average molecular weight is 508 g/mol. The summed E-state index contributed by atoms with van der Waals surface area (Å²) in [6.45, 7) is 5.43. The van der Waals surface area contributed by atoms with E-state index in [1.54, 1.807) is 11.3 Å². The molecule has 0 aliphatic carbocycles. The third-order valence-electron chi connectivity index (χ3n) is 3.68. The summed E-state index contributed by atoms with van der Waals surface area (Å²) in [6, 6.07) is 8.07. The van der Waals surface area contributed by atoms with Gasteiger partial charge >= 0.3 is 0 Å². The summed E-state index contributed by atoms with van der Waals surface area (Å²) < 4.78 is 11.2. The number of ether oxygens (including phenoxy) is 2. The molecule has 0 radical (unpaired) electrons. The lowest BCUT2D eigenvalue weighted by atomic mass is 10.1. The molecule has 142 valence electrons. The number of thiophene rings is 1. The van der Waals surface area contributed by atoms with E-state index in [9.17, 15) is 0 Å². The lowest BCUT2D eigenvalue weighted by Gasteiger charge is -2.20. The molecule has 1 aromatic carbocycles. The molecule has 8 heteroatoms. The summed E-state index contributed by atoms with van der Waals surface area (Å²) in [4.78, 5) is 5.86. The van der Waals surface area contributed by atoms with Gasteiger partial charge in [0.05, 0.1) is 11.6 Å². The van der Waals surface area contributed by atoms with Crippen molar-refractivity contribution in [1.82, 2.24) is 10.6 Å². The normalized spacial score (nSPS) is 13.1. The van der Waals surface area contributed by atoms with Gasteiger partial charge in [-0.1, -0.05) is 17.7 Å². The molecule has 0 fully saturated rings. The molecule has 2 N–H and O–H groups in total. The fraction of sp³-hybridized carbons (Fsp3) is 0.389. The predicted molar refractivity (Wildman–Crippen MR) is 119 cm³/mol. The van der Waals surface area contributed by atoms with Crippen LogP contribution in [0.25, 0.3) is 0 Å². The third kappa shape index (κ3) is 5.92. The largest absolute Gasteiger partial charge is 0.486 e. The Bertz CT molecular complexity index is 725. The Hall–Kier alpha value is -1.19. The summed E-state index contributed by atoms with van der Waals surface area (Å²) in [5.74, 6) is 2.20. The van der Waals surface area contributed by atoms with E-state index in [0.717, 1.165) is 36.8 Å². The van der Waals surface area contributed by atoms with Crippen molar-refractivity contribution in [3.8, 4) is 11.5 Å². The fourth-order valence-corrected chi connectivity index (χ4v) is 3.45. The number of halogens is 2. The van der Waals surface area contributed by atoms with Crippen molar-refractivity contribution in [3.05, 3.63) is 45.1 Å². The molecule has 0 saturated heterocycles. The van der Waals surface area contributed by atoms with Crippen molar-refractivity contribution in [3.63, 3.8) is 0 Å². The molecule has 0 atom stereocenters. The van der Waals surface area contributed by atoms with Gasteiger partial charge < -0.3 is 20.1 Å². The Morgan fingerprint density at radius 1 is 1.27 bits per heavy atom. The summed E-state index contributed by atoms with van der Waals surface area (Å²) in [7, 11) is 0. The van der Waals surface area contributed by atoms with E-state index in [-0.39, 0.29) is 24.0 Å². The molecule has 3 rings (SSSR count). The van der Waals surface area contributed by atoms with E-state index in [2.05, 4.69) is 34.0 Å². The zero-order chi connectivity index (χ0) is 17.5. The first kappa shape index (κ1) is 21.1. The Balaban J connectivity index is 0.00000243. The van der Waals surface area contributed by atoms with E-state index in [0.29, 0.717) is 30.5 Å². The van der Waals surface area contributed by atoms with Gasteiger partial charge in [-0.25, -0.2) is 4.99 Å². The van der Waals surface area contributed by atoms with Crippen molar-refractivity contribution in [2.24, 2.45) is 4.99 Å². The first-order valence-corrected chi connectivity index (χ1v) is 9.64. The fourth-order valence-electron chi connectivity index (χ4n) is 2.54. The summed E-state index contributed by atoms with van der Waals surface area (Å²) >= 11 is 8.00. The summed E-state index contributed by atoms with van der Waals surface area (Å²) in [5, 5.41) is 9.29. The molecule has 0 unspecified atom stereocenters. The van der Waals surface area contributed by atoms with Gasteiger partial charge in [-0.2, -0.15) is 0 Å². The lowest BCUT2D eigenvalue weighted by molar-refractivity contribution is 0.171. The first-order valence-electron chi connectivity index (χ1n) is 8.39. The van der Waals surface area contributed by atoms with Crippen molar-refractivity contribution in [2.75, 3.05) is 26.3 Å². The van der Waals surface area contributed by atoms with Gasteiger partial charge in [0.15, 0.2) is 17.5 Å². The minimum Gasteiger partial charge on any atom is -0.486 e. The van der Waals surface area contributed by atoms with Crippen LogP contribution in [0.2, 0.25) is 5.02 Å². The van der Waals surface area contributed by atoms with Gasteiger partial charge in [0.25, 0.3) is 0 Å². The number of fused-ring (bicyclic) bond motifs is 1. The van der Waals surface area contributed by atoms with E-state index in [1.807, 2.05) is 18.2 Å². The molecule has 1 aliphatic heterocycles. The van der Waals surface area contributed by atoms with Crippen molar-refractivity contribution in [2.45, 2.75) is 19.9 Å². The highest BCUT2D eigenvalue weighted by molar-refractivity contribution is 14.0. The summed E-state index contributed by atoms with van der Waals surface area (Å²) in [5.41, 5.74) is 1.11. The van der Waals surface area contributed by atoms with E-state index < -0.39 is 0 Å². The van der Waals surface area contributed by atoms with Crippen LogP contribution in [-0.2, 0) is 13.0 Å². The van der Waals surface area contributed by atoms with Gasteiger partial charge in [-0.15, -0.1) is 35.3 Å². The maximum absolute atomic E-state index is 6.28. The Kier molecular flexibility index (Phi) is 8.80. The Morgan fingerprint density at radius 3 is 2.88 bits per heavy atom. The second kappa shape index (κ2) is 10.8. The molecule has 2 aromatic rings. The average Bonchev–Trinajstić information content (AvgIpc) is 3.13. The van der Waals surface area contributed by atoms with Crippen LogP contribution in [0, 0.1) is 0 Å². The highest BCUT2D eigenvalue weighted by Gasteiger charge is 2.16. The van der Waals surface area contributed by atoms with Gasteiger partial charge in [-0.05, 0) is 42.5 Å². The van der Waals surface area contributed by atoms with Crippen LogP contribution in [0.4, 0.5) is 0 Å². The van der Waals surface area contributed by atoms with Crippen molar-refractivity contribution < 1.29 is 9.47 Å². The smallest absolute Gasteiger partial charge is 0.191 e. The second-order valence-electron chi connectivity index (χ2n) is 5.55. The zero-order valence-corrected chi connectivity index (χ0v) is 18.5. The lowest BCUT2D eigenvalue weighted by Crippen LogP contribution is -2.38. The molecule has 0 saturated carbocycles. The first-order chi connectivity index (χ1) is 12.3. The van der Waals surface area contributed by atoms with Crippen LogP contribution in [0.5, 0.6) is 11.5 Å². The molecule has 26 heavy (non-hydrogen) atoms. The number of benzene rings is 1. The zero-order valence-electron chi connectivity index (χ0n) is 14.6. The molecule has 1 aliphatic rings. The van der Waals surface area contributed by atoms with Gasteiger partial charge in [-0.3, -0.25) is 0 Å². The van der Waals surface area contributed by atoms with E-state index in [4.69, 9.17) is 21.1 Å². The molecule has 5 nitrogen and oxygen atoms in total. The maximum atomic E-state index is 6.28. The Morgan fingerprint density at radius 2 is 2.12 bits per heavy atom. The minimum absolute atomic E-state index is 0. The van der Waals surface area contributed by atoms with Crippen molar-refractivity contribution >= 4 is 52.9 Å². The Labute approximate surface area is 180 Å². The number of hydrogen-bond acceptors (Lipinski definition) is 4. The van der Waals surface area contributed by atoms with Gasteiger partial charge in [0.1, 0.15) is 13.2 Å². The predicted octanol–water partition coefficient (Wildman–Crippen LogP) is 4.09. The number of nitrogens with one attached hydrogen (secondary N) is 2. The molecular formula is C18H23ClIN3O2S. The van der Waals surface area contributed by atoms with E-state index >= 15 is 0 Å². The van der Waals surface area contributed by atoms with Crippen LogP contribution in [0.1, 0.15) is 17.4 Å². The molecule has 2 heterocycles. The highest BCUT2D eigenvalue weighted by Crippen LogP contribution is 2.38. The second-order valence-corrected chi connectivity index (χ2v) is 6.99. The highest BCUT2D eigenvalue weighted by atomic mass is 127. The molecule has 0 spiro atoms. The van der Waals surface area contributed by atoms with Gasteiger partial charge in [0, 0.05) is 18.0 Å². The number of hydrogen-bond donors (Lipinski definition) is 2. The van der Waals surface area contributed by atoms with Crippen LogP contribution in [0.15, 0.2) is 34.6 Å². The van der Waals surface area contributed by atoms with Crippen molar-refractivity contribution in [1.29, 1.82) is 0 Å². The maximum Gasteiger partial charge on any atom is 0.191 e. The van der Waals surface area contributed by atoms with Crippen LogP contribution < -0.4 is 20.1 Å².